The minimum atomic E-state index is -2.55. The van der Waals surface area contributed by atoms with Gasteiger partial charge in [-0.3, -0.25) is 4.90 Å². The van der Waals surface area contributed by atoms with E-state index in [0.717, 1.165) is 27.6 Å². The molecule has 1 saturated heterocycles. The number of alkyl halides is 2. The van der Waals surface area contributed by atoms with E-state index in [0.29, 0.717) is 37.2 Å². The molecule has 0 N–H and O–H groups in total. The van der Waals surface area contributed by atoms with Crippen LogP contribution >= 0.6 is 15.9 Å². The van der Waals surface area contributed by atoms with Crippen LogP contribution in [0.1, 0.15) is 31.2 Å². The van der Waals surface area contributed by atoms with Crippen LogP contribution < -0.4 is 4.74 Å². The van der Waals surface area contributed by atoms with Crippen molar-refractivity contribution < 1.29 is 13.5 Å². The van der Waals surface area contributed by atoms with Gasteiger partial charge in [-0.05, 0) is 52.9 Å². The third-order valence-electron chi connectivity index (χ3n) is 5.76. The summed E-state index contributed by atoms with van der Waals surface area (Å²) in [6.45, 7) is 2.14. The number of benzene rings is 1. The molecule has 5 rings (SSSR count). The summed E-state index contributed by atoms with van der Waals surface area (Å²) in [6.07, 6.45) is 3.95. The molecule has 3 heterocycles. The smallest absolute Gasteiger partial charge is 0.250 e. The molecular weight excluding hydrogens is 456 g/mol. The first-order valence-corrected chi connectivity index (χ1v) is 11.0. The standard InChI is InChI=1S/C21H22BrF2N5O/c22-18-17(6-5-16-19(18)26-27-29(16)12-14-3-4-14)30-20-15(2-1-9-25-20)13-28-10-7-21(23,24)8-11-28/h1-2,5-6,9,14H,3-4,7-8,10-13H2. The number of halogens is 3. The van der Waals surface area contributed by atoms with E-state index in [9.17, 15) is 8.78 Å². The molecule has 3 aromatic rings. The van der Waals surface area contributed by atoms with Crippen molar-refractivity contribution in [3.05, 3.63) is 40.5 Å². The Labute approximate surface area is 181 Å². The van der Waals surface area contributed by atoms with Crippen LogP contribution in [0.5, 0.6) is 11.6 Å². The van der Waals surface area contributed by atoms with Gasteiger partial charge in [0.1, 0.15) is 11.3 Å². The van der Waals surface area contributed by atoms with Crippen molar-refractivity contribution in [2.24, 2.45) is 5.92 Å². The van der Waals surface area contributed by atoms with Crippen LogP contribution in [0.15, 0.2) is 34.9 Å². The normalized spacial score (nSPS) is 19.3. The monoisotopic (exact) mass is 477 g/mol. The highest BCUT2D eigenvalue weighted by Crippen LogP contribution is 2.37. The third kappa shape index (κ3) is 4.18. The minimum absolute atomic E-state index is 0.109. The molecule has 0 amide bonds. The quantitative estimate of drug-likeness (QED) is 0.498. The number of fused-ring (bicyclic) bond motifs is 1. The second-order valence-electron chi connectivity index (χ2n) is 8.16. The Morgan fingerprint density at radius 3 is 2.73 bits per heavy atom. The Bertz CT molecular complexity index is 1060. The van der Waals surface area contributed by atoms with Gasteiger partial charge in [0.2, 0.25) is 5.88 Å². The van der Waals surface area contributed by atoms with Gasteiger partial charge in [0.25, 0.3) is 5.92 Å². The first-order valence-electron chi connectivity index (χ1n) is 10.2. The van der Waals surface area contributed by atoms with E-state index < -0.39 is 5.92 Å². The van der Waals surface area contributed by atoms with Crippen LogP contribution in [0.4, 0.5) is 8.78 Å². The highest BCUT2D eigenvalue weighted by molar-refractivity contribution is 9.10. The molecule has 0 radical (unpaired) electrons. The molecule has 0 unspecified atom stereocenters. The molecule has 1 saturated carbocycles. The summed E-state index contributed by atoms with van der Waals surface area (Å²) in [6, 6.07) is 7.61. The highest BCUT2D eigenvalue weighted by atomic mass is 79.9. The maximum atomic E-state index is 13.4. The number of aromatic nitrogens is 4. The zero-order valence-electron chi connectivity index (χ0n) is 16.4. The fourth-order valence-corrected chi connectivity index (χ4v) is 4.26. The number of rotatable bonds is 6. The molecule has 158 valence electrons. The van der Waals surface area contributed by atoms with Crippen molar-refractivity contribution in [2.45, 2.75) is 44.7 Å². The number of likely N-dealkylation sites (tertiary alicyclic amines) is 1. The van der Waals surface area contributed by atoms with E-state index in [1.807, 2.05) is 33.8 Å². The zero-order valence-corrected chi connectivity index (χ0v) is 18.0. The van der Waals surface area contributed by atoms with E-state index in [4.69, 9.17) is 4.74 Å². The summed E-state index contributed by atoms with van der Waals surface area (Å²) >= 11 is 3.61. The van der Waals surface area contributed by atoms with Crippen LogP contribution in [0.25, 0.3) is 11.0 Å². The number of piperidine rings is 1. The molecule has 0 bridgehead atoms. The van der Waals surface area contributed by atoms with Crippen molar-refractivity contribution >= 4 is 27.0 Å². The summed E-state index contributed by atoms with van der Waals surface area (Å²) in [5, 5.41) is 8.61. The molecule has 0 atom stereocenters. The van der Waals surface area contributed by atoms with Gasteiger partial charge in [-0.1, -0.05) is 11.3 Å². The average Bonchev–Trinajstić information content (AvgIpc) is 3.45. The molecule has 30 heavy (non-hydrogen) atoms. The minimum Gasteiger partial charge on any atom is -0.437 e. The molecule has 1 aliphatic carbocycles. The maximum Gasteiger partial charge on any atom is 0.250 e. The van der Waals surface area contributed by atoms with E-state index in [2.05, 4.69) is 31.2 Å². The van der Waals surface area contributed by atoms with Crippen molar-refractivity contribution in [2.75, 3.05) is 13.1 Å². The molecular formula is C21H22BrF2N5O. The average molecular weight is 478 g/mol. The molecule has 6 nitrogen and oxygen atoms in total. The predicted molar refractivity (Wildman–Crippen MR) is 112 cm³/mol. The molecule has 2 aliphatic rings. The Hall–Kier alpha value is -2.13. The number of nitrogens with zero attached hydrogens (tertiary/aromatic N) is 5. The Balaban J connectivity index is 1.35. The summed E-state index contributed by atoms with van der Waals surface area (Å²) < 4.78 is 35.7. The Morgan fingerprint density at radius 2 is 1.97 bits per heavy atom. The number of ether oxygens (including phenoxy) is 1. The van der Waals surface area contributed by atoms with Gasteiger partial charge < -0.3 is 4.74 Å². The largest absolute Gasteiger partial charge is 0.437 e. The van der Waals surface area contributed by atoms with Gasteiger partial charge in [-0.25, -0.2) is 18.4 Å². The first kappa shape index (κ1) is 19.8. The lowest BCUT2D eigenvalue weighted by Gasteiger charge is -2.31. The van der Waals surface area contributed by atoms with Crippen molar-refractivity contribution in [3.8, 4) is 11.6 Å². The summed E-state index contributed by atoms with van der Waals surface area (Å²) in [4.78, 5) is 6.40. The molecule has 1 aromatic carbocycles. The summed E-state index contributed by atoms with van der Waals surface area (Å²) in [7, 11) is 0. The second-order valence-corrected chi connectivity index (χ2v) is 8.96. The molecule has 9 heteroatoms. The van der Waals surface area contributed by atoms with E-state index in [-0.39, 0.29) is 12.8 Å². The molecule has 0 spiro atoms. The second kappa shape index (κ2) is 7.85. The molecule has 1 aliphatic heterocycles. The summed E-state index contributed by atoms with van der Waals surface area (Å²) in [5.74, 6) is -0.774. The van der Waals surface area contributed by atoms with Crippen LogP contribution in [0.3, 0.4) is 0 Å². The van der Waals surface area contributed by atoms with Gasteiger partial charge in [-0.15, -0.1) is 5.10 Å². The van der Waals surface area contributed by atoms with Crippen LogP contribution in [-0.4, -0.2) is 43.9 Å². The molecule has 2 fully saturated rings. The van der Waals surface area contributed by atoms with Crippen molar-refractivity contribution in [1.29, 1.82) is 0 Å². The van der Waals surface area contributed by atoms with Gasteiger partial charge in [-0.2, -0.15) is 0 Å². The van der Waals surface area contributed by atoms with Gasteiger partial charge in [0.15, 0.2) is 0 Å². The van der Waals surface area contributed by atoms with Crippen LogP contribution in [-0.2, 0) is 13.1 Å². The van der Waals surface area contributed by atoms with Gasteiger partial charge in [0.05, 0.1) is 9.99 Å². The number of hydrogen-bond acceptors (Lipinski definition) is 5. The topological polar surface area (TPSA) is 56.1 Å². The first-order chi connectivity index (χ1) is 14.5. The number of pyridine rings is 1. The Morgan fingerprint density at radius 1 is 1.17 bits per heavy atom. The van der Waals surface area contributed by atoms with E-state index in [1.54, 1.807) is 6.20 Å². The van der Waals surface area contributed by atoms with E-state index in [1.165, 1.54) is 12.8 Å². The lowest BCUT2D eigenvalue weighted by molar-refractivity contribution is -0.0567. The third-order valence-corrected chi connectivity index (χ3v) is 6.52. The SMILES string of the molecule is FC1(F)CCN(Cc2cccnc2Oc2ccc3c(nnn3CC3CC3)c2Br)CC1. The van der Waals surface area contributed by atoms with Crippen LogP contribution in [0, 0.1) is 5.92 Å². The number of hydrogen-bond donors (Lipinski definition) is 0. The lowest BCUT2D eigenvalue weighted by Crippen LogP contribution is -2.38. The fourth-order valence-electron chi connectivity index (χ4n) is 3.76. The predicted octanol–water partition coefficient (Wildman–Crippen LogP) is 5.02. The maximum absolute atomic E-state index is 13.4. The summed E-state index contributed by atoms with van der Waals surface area (Å²) in [5.41, 5.74) is 2.59. The lowest BCUT2D eigenvalue weighted by atomic mass is 10.1. The fraction of sp³-hybridized carbons (Fsp3) is 0.476. The van der Waals surface area contributed by atoms with Crippen molar-refractivity contribution in [1.82, 2.24) is 24.9 Å². The van der Waals surface area contributed by atoms with Crippen LogP contribution in [0.2, 0.25) is 0 Å². The molecule has 2 aromatic heterocycles. The van der Waals surface area contributed by atoms with E-state index >= 15 is 0 Å². The Kier molecular flexibility index (Phi) is 5.18. The highest BCUT2D eigenvalue weighted by Gasteiger charge is 2.34. The van der Waals surface area contributed by atoms with Gasteiger partial charge >= 0.3 is 0 Å². The van der Waals surface area contributed by atoms with Crippen molar-refractivity contribution in [3.63, 3.8) is 0 Å². The zero-order chi connectivity index (χ0) is 20.7. The van der Waals surface area contributed by atoms with Gasteiger partial charge in [0, 0.05) is 50.8 Å².